The monoisotopic (exact) mass is 529 g/mol. The number of carbonyl (C=O) groups excluding carboxylic acids is 2. The molecule has 3 amide bonds. The zero-order chi connectivity index (χ0) is 24.6. The first-order valence-corrected chi connectivity index (χ1v) is 12.8. The fourth-order valence-electron chi connectivity index (χ4n) is 4.28. The van der Waals surface area contributed by atoms with E-state index in [-0.39, 0.29) is 24.2 Å². The molecule has 1 atom stereocenters. The van der Waals surface area contributed by atoms with E-state index in [1.54, 1.807) is 23.8 Å². The summed E-state index contributed by atoms with van der Waals surface area (Å²) in [7, 11) is 0. The number of likely N-dealkylation sites (tertiary alicyclic amines) is 1. The fraction of sp³-hybridized carbons (Fsp3) is 0.400. The van der Waals surface area contributed by atoms with Crippen LogP contribution in [-0.2, 0) is 11.3 Å². The highest BCUT2D eigenvalue weighted by Gasteiger charge is 2.28. The number of hydrogen-bond donors (Lipinski definition) is 2. The molecule has 0 aliphatic carbocycles. The number of urea groups is 1. The minimum Gasteiger partial charge on any atom is -0.343 e. The van der Waals surface area contributed by atoms with Crippen LogP contribution < -0.4 is 10.6 Å². The number of thiazole rings is 1. The van der Waals surface area contributed by atoms with Gasteiger partial charge in [-0.2, -0.15) is 0 Å². The number of amides is 3. The SMILES string of the molecule is CCN(CC)C(=O)C1CCCN(Cc2cccc(NC(=O)Nc3csc(-c4ccncc4)n3)n2)C1.Cl. The summed E-state index contributed by atoms with van der Waals surface area (Å²) in [5.74, 6) is 1.23. The number of halogens is 1. The second-order valence-electron chi connectivity index (χ2n) is 8.45. The van der Waals surface area contributed by atoms with Gasteiger partial charge in [0.25, 0.3) is 0 Å². The smallest absolute Gasteiger partial charge is 0.326 e. The van der Waals surface area contributed by atoms with Crippen LogP contribution >= 0.6 is 23.7 Å². The van der Waals surface area contributed by atoms with Crippen molar-refractivity contribution in [2.75, 3.05) is 36.8 Å². The Labute approximate surface area is 221 Å². The number of carbonyl (C=O) groups is 2. The Kier molecular flexibility index (Phi) is 10.2. The van der Waals surface area contributed by atoms with Gasteiger partial charge in [-0.15, -0.1) is 23.7 Å². The summed E-state index contributed by atoms with van der Waals surface area (Å²) in [4.78, 5) is 42.6. The maximum Gasteiger partial charge on any atom is 0.326 e. The molecule has 4 heterocycles. The lowest BCUT2D eigenvalue weighted by molar-refractivity contribution is -0.137. The van der Waals surface area contributed by atoms with Crippen molar-refractivity contribution in [3.8, 4) is 10.6 Å². The van der Waals surface area contributed by atoms with Crippen molar-refractivity contribution in [3.63, 3.8) is 0 Å². The summed E-state index contributed by atoms with van der Waals surface area (Å²) in [6.07, 6.45) is 5.35. The minimum absolute atomic E-state index is 0. The molecule has 1 aliphatic heterocycles. The van der Waals surface area contributed by atoms with Gasteiger partial charge in [-0.3, -0.25) is 25.3 Å². The second-order valence-corrected chi connectivity index (χ2v) is 9.31. The molecule has 4 rings (SSSR count). The Morgan fingerprint density at radius 2 is 1.83 bits per heavy atom. The average Bonchev–Trinajstić information content (AvgIpc) is 3.34. The lowest BCUT2D eigenvalue weighted by Gasteiger charge is -2.34. The van der Waals surface area contributed by atoms with Crippen LogP contribution in [-0.4, -0.2) is 62.9 Å². The molecular formula is C25H32ClN7O2S. The van der Waals surface area contributed by atoms with Crippen LogP contribution in [0.2, 0.25) is 0 Å². The van der Waals surface area contributed by atoms with E-state index in [1.165, 1.54) is 11.3 Å². The molecule has 11 heteroatoms. The third-order valence-corrected chi connectivity index (χ3v) is 6.93. The zero-order valence-corrected chi connectivity index (χ0v) is 22.1. The van der Waals surface area contributed by atoms with E-state index >= 15 is 0 Å². The highest BCUT2D eigenvalue weighted by Crippen LogP contribution is 2.25. The van der Waals surface area contributed by atoms with Crippen molar-refractivity contribution < 1.29 is 9.59 Å². The van der Waals surface area contributed by atoms with Gasteiger partial charge in [0, 0.05) is 49.5 Å². The fourth-order valence-corrected chi connectivity index (χ4v) is 5.04. The normalized spacial score (nSPS) is 15.6. The molecule has 1 unspecified atom stereocenters. The topological polar surface area (TPSA) is 103 Å². The third kappa shape index (κ3) is 7.22. The van der Waals surface area contributed by atoms with E-state index in [2.05, 4.69) is 30.5 Å². The first kappa shape index (κ1) is 27.5. The Morgan fingerprint density at radius 1 is 1.08 bits per heavy atom. The number of nitrogens with one attached hydrogen (secondary N) is 2. The van der Waals surface area contributed by atoms with Gasteiger partial charge >= 0.3 is 6.03 Å². The van der Waals surface area contributed by atoms with Crippen LogP contribution in [0.15, 0.2) is 48.1 Å². The van der Waals surface area contributed by atoms with Gasteiger partial charge in [0.15, 0.2) is 0 Å². The molecule has 0 spiro atoms. The van der Waals surface area contributed by atoms with Crippen LogP contribution in [0.4, 0.5) is 16.4 Å². The largest absolute Gasteiger partial charge is 0.343 e. The van der Waals surface area contributed by atoms with Crippen molar-refractivity contribution in [1.82, 2.24) is 24.8 Å². The first-order valence-electron chi connectivity index (χ1n) is 12.0. The van der Waals surface area contributed by atoms with Crippen molar-refractivity contribution in [2.45, 2.75) is 33.2 Å². The van der Waals surface area contributed by atoms with Gasteiger partial charge < -0.3 is 4.90 Å². The van der Waals surface area contributed by atoms with Gasteiger partial charge in [-0.25, -0.2) is 14.8 Å². The third-order valence-electron chi connectivity index (χ3n) is 6.04. The van der Waals surface area contributed by atoms with E-state index in [0.29, 0.717) is 18.2 Å². The summed E-state index contributed by atoms with van der Waals surface area (Å²) >= 11 is 1.45. The summed E-state index contributed by atoms with van der Waals surface area (Å²) in [6.45, 7) is 7.85. The molecule has 1 fully saturated rings. The molecule has 0 saturated carbocycles. The van der Waals surface area contributed by atoms with Crippen LogP contribution in [0.3, 0.4) is 0 Å². The number of aromatic nitrogens is 3. The lowest BCUT2D eigenvalue weighted by atomic mass is 9.96. The van der Waals surface area contributed by atoms with E-state index in [0.717, 1.165) is 55.3 Å². The van der Waals surface area contributed by atoms with Gasteiger partial charge in [0.1, 0.15) is 16.6 Å². The highest BCUT2D eigenvalue weighted by atomic mass is 35.5. The zero-order valence-electron chi connectivity index (χ0n) is 20.5. The Hall–Kier alpha value is -3.08. The van der Waals surface area contributed by atoms with Crippen LogP contribution in [0, 0.1) is 5.92 Å². The molecule has 192 valence electrons. The quantitative estimate of drug-likeness (QED) is 0.436. The van der Waals surface area contributed by atoms with Crippen LogP contribution in [0.1, 0.15) is 32.4 Å². The second kappa shape index (κ2) is 13.3. The van der Waals surface area contributed by atoms with E-state index < -0.39 is 6.03 Å². The van der Waals surface area contributed by atoms with Crippen molar-refractivity contribution >= 4 is 47.3 Å². The standard InChI is InChI=1S/C25H31N7O2S.ClH/c1-3-32(4-2)24(33)19-7-6-14-31(15-19)16-20-8-5-9-21(27-20)29-25(34)30-22-17-35-23(28-22)18-10-12-26-13-11-18;/h5,8-13,17,19H,3-4,6-7,14-16H2,1-2H3,(H2,27,29,30,34);1H. The predicted molar refractivity (Wildman–Crippen MR) is 145 cm³/mol. The van der Waals surface area contributed by atoms with Gasteiger partial charge in [-0.1, -0.05) is 6.07 Å². The lowest BCUT2D eigenvalue weighted by Crippen LogP contribution is -2.44. The van der Waals surface area contributed by atoms with E-state index in [1.807, 2.05) is 43.0 Å². The minimum atomic E-state index is -0.399. The molecule has 9 nitrogen and oxygen atoms in total. The molecule has 0 radical (unpaired) electrons. The Balaban J connectivity index is 0.00000361. The molecule has 2 N–H and O–H groups in total. The molecule has 0 aromatic carbocycles. The molecule has 3 aromatic heterocycles. The molecule has 0 bridgehead atoms. The van der Waals surface area contributed by atoms with Crippen LogP contribution in [0.5, 0.6) is 0 Å². The van der Waals surface area contributed by atoms with Gasteiger partial charge in [0.2, 0.25) is 5.91 Å². The maximum absolute atomic E-state index is 12.8. The van der Waals surface area contributed by atoms with Crippen LogP contribution in [0.25, 0.3) is 10.6 Å². The van der Waals surface area contributed by atoms with Gasteiger partial charge in [-0.05, 0) is 57.5 Å². The number of hydrogen-bond acceptors (Lipinski definition) is 7. The van der Waals surface area contributed by atoms with Crippen molar-refractivity contribution in [1.29, 1.82) is 0 Å². The van der Waals surface area contributed by atoms with Gasteiger partial charge in [0.05, 0.1) is 11.6 Å². The summed E-state index contributed by atoms with van der Waals surface area (Å²) in [5, 5.41) is 8.16. The molecule has 3 aromatic rings. The average molecular weight is 530 g/mol. The van der Waals surface area contributed by atoms with Crippen molar-refractivity contribution in [3.05, 3.63) is 53.8 Å². The number of pyridine rings is 2. The summed E-state index contributed by atoms with van der Waals surface area (Å²) in [6, 6.07) is 8.94. The Morgan fingerprint density at radius 3 is 2.58 bits per heavy atom. The maximum atomic E-state index is 12.8. The molecule has 1 aliphatic rings. The number of piperidine rings is 1. The Bertz CT molecular complexity index is 1140. The summed E-state index contributed by atoms with van der Waals surface area (Å²) in [5.41, 5.74) is 1.80. The van der Waals surface area contributed by atoms with E-state index in [4.69, 9.17) is 0 Å². The number of anilines is 2. The number of rotatable bonds is 8. The number of nitrogens with zero attached hydrogens (tertiary/aromatic N) is 5. The summed E-state index contributed by atoms with van der Waals surface area (Å²) < 4.78 is 0. The molecule has 36 heavy (non-hydrogen) atoms. The molecule has 1 saturated heterocycles. The first-order chi connectivity index (χ1) is 17.1. The molecular weight excluding hydrogens is 498 g/mol. The van der Waals surface area contributed by atoms with Crippen molar-refractivity contribution in [2.24, 2.45) is 5.92 Å². The highest BCUT2D eigenvalue weighted by molar-refractivity contribution is 7.13. The van der Waals surface area contributed by atoms with E-state index in [9.17, 15) is 9.59 Å². The predicted octanol–water partition coefficient (Wildman–Crippen LogP) is 4.75.